The Bertz CT molecular complexity index is 971. The Morgan fingerprint density at radius 3 is 2.64 bits per heavy atom. The van der Waals surface area contributed by atoms with Crippen molar-refractivity contribution in [1.82, 2.24) is 15.4 Å². The zero-order valence-electron chi connectivity index (χ0n) is 15.7. The van der Waals surface area contributed by atoms with E-state index in [0.717, 1.165) is 21.5 Å². The summed E-state index contributed by atoms with van der Waals surface area (Å²) >= 11 is 6.01. The quantitative estimate of drug-likeness (QED) is 0.596. The maximum Gasteiger partial charge on any atom is 0.267 e. The number of aromatic nitrogens is 1. The summed E-state index contributed by atoms with van der Waals surface area (Å²) in [5.74, 6) is -0.492. The Morgan fingerprint density at radius 1 is 1.18 bits per heavy atom. The first-order chi connectivity index (χ1) is 13.5. The first kappa shape index (κ1) is 19.9. The van der Waals surface area contributed by atoms with Crippen molar-refractivity contribution >= 4 is 34.3 Å². The van der Waals surface area contributed by atoms with Gasteiger partial charge in [-0.1, -0.05) is 41.9 Å². The number of nitrogens with one attached hydrogen (secondary N) is 2. The van der Waals surface area contributed by atoms with Crippen LogP contribution >= 0.6 is 11.6 Å². The minimum Gasteiger partial charge on any atom is -0.351 e. The molecule has 0 spiro atoms. The van der Waals surface area contributed by atoms with Crippen LogP contribution in [0.4, 0.5) is 0 Å². The van der Waals surface area contributed by atoms with Crippen LogP contribution in [0.1, 0.15) is 22.5 Å². The number of amides is 2. The Kier molecular flexibility index (Phi) is 6.34. The van der Waals surface area contributed by atoms with Gasteiger partial charge in [-0.25, -0.2) is 5.06 Å². The molecule has 1 aromatic heterocycles. The third kappa shape index (κ3) is 4.91. The molecule has 0 saturated heterocycles. The summed E-state index contributed by atoms with van der Waals surface area (Å²) in [5, 5.41) is 5.58. The van der Waals surface area contributed by atoms with E-state index in [-0.39, 0.29) is 24.3 Å². The molecule has 146 valence electrons. The van der Waals surface area contributed by atoms with Gasteiger partial charge in [0.2, 0.25) is 5.91 Å². The normalized spacial score (nSPS) is 12.0. The molecule has 2 amide bonds. The average molecular weight is 400 g/mol. The van der Waals surface area contributed by atoms with Gasteiger partial charge in [-0.15, -0.1) is 0 Å². The molecule has 0 fully saturated rings. The first-order valence-corrected chi connectivity index (χ1v) is 9.28. The SMILES string of the molecule is CON(C)C(=O)C[C@@H](Cc1ccccc1)NC(=O)c1cc2cc(Cl)ccc2[nH]1. The van der Waals surface area contributed by atoms with Crippen LogP contribution in [0, 0.1) is 0 Å². The number of benzene rings is 2. The highest BCUT2D eigenvalue weighted by atomic mass is 35.5. The number of hydroxylamine groups is 2. The molecule has 2 N–H and O–H groups in total. The van der Waals surface area contributed by atoms with Gasteiger partial charge >= 0.3 is 0 Å². The van der Waals surface area contributed by atoms with E-state index in [1.165, 1.54) is 7.11 Å². The molecule has 7 heteroatoms. The fourth-order valence-electron chi connectivity index (χ4n) is 3.00. The highest BCUT2D eigenvalue weighted by Gasteiger charge is 2.21. The van der Waals surface area contributed by atoms with Crippen molar-refractivity contribution in [3.8, 4) is 0 Å². The number of H-pyrrole nitrogens is 1. The molecule has 1 heterocycles. The fraction of sp³-hybridized carbons (Fsp3) is 0.238. The molecule has 6 nitrogen and oxygen atoms in total. The van der Waals surface area contributed by atoms with Gasteiger partial charge in [0, 0.05) is 35.4 Å². The van der Waals surface area contributed by atoms with Crippen LogP contribution in [0.2, 0.25) is 5.02 Å². The summed E-state index contributed by atoms with van der Waals surface area (Å²) in [7, 11) is 2.98. The van der Waals surface area contributed by atoms with Gasteiger partial charge in [0.1, 0.15) is 5.69 Å². The lowest BCUT2D eigenvalue weighted by molar-refractivity contribution is -0.169. The van der Waals surface area contributed by atoms with Crippen molar-refractivity contribution in [2.24, 2.45) is 0 Å². The smallest absolute Gasteiger partial charge is 0.267 e. The summed E-state index contributed by atoms with van der Waals surface area (Å²) in [4.78, 5) is 33.1. The Balaban J connectivity index is 1.78. The monoisotopic (exact) mass is 399 g/mol. The van der Waals surface area contributed by atoms with Gasteiger partial charge in [0.15, 0.2) is 0 Å². The van der Waals surface area contributed by atoms with Crippen molar-refractivity contribution in [3.63, 3.8) is 0 Å². The third-order valence-electron chi connectivity index (χ3n) is 4.53. The van der Waals surface area contributed by atoms with Gasteiger partial charge in [-0.2, -0.15) is 0 Å². The van der Waals surface area contributed by atoms with Crippen molar-refractivity contribution < 1.29 is 14.4 Å². The maximum atomic E-state index is 12.8. The van der Waals surface area contributed by atoms with Gasteiger partial charge in [0.25, 0.3) is 5.91 Å². The molecular weight excluding hydrogens is 378 g/mol. The number of halogens is 1. The molecule has 3 aromatic rings. The van der Waals surface area contributed by atoms with Crippen molar-refractivity contribution in [3.05, 3.63) is 70.9 Å². The first-order valence-electron chi connectivity index (χ1n) is 8.90. The van der Waals surface area contributed by atoms with Crippen LogP contribution in [0.5, 0.6) is 0 Å². The van der Waals surface area contributed by atoms with Crippen molar-refractivity contribution in [2.75, 3.05) is 14.2 Å². The number of nitrogens with zero attached hydrogens (tertiary/aromatic N) is 1. The van der Waals surface area contributed by atoms with E-state index in [1.807, 2.05) is 36.4 Å². The summed E-state index contributed by atoms with van der Waals surface area (Å²) in [6, 6.07) is 16.5. The Morgan fingerprint density at radius 2 is 1.93 bits per heavy atom. The van der Waals surface area contributed by atoms with E-state index in [4.69, 9.17) is 16.4 Å². The zero-order valence-corrected chi connectivity index (χ0v) is 16.5. The molecule has 0 saturated carbocycles. The molecule has 3 rings (SSSR count). The van der Waals surface area contributed by atoms with Crippen LogP contribution in [0.3, 0.4) is 0 Å². The van der Waals surface area contributed by atoms with Crippen LogP contribution < -0.4 is 5.32 Å². The zero-order chi connectivity index (χ0) is 20.1. The Hall–Kier alpha value is -2.83. The largest absolute Gasteiger partial charge is 0.351 e. The van der Waals surface area contributed by atoms with E-state index in [1.54, 1.807) is 25.2 Å². The van der Waals surface area contributed by atoms with Gasteiger partial charge in [-0.05, 0) is 36.2 Å². The summed E-state index contributed by atoms with van der Waals surface area (Å²) in [6.07, 6.45) is 0.652. The highest BCUT2D eigenvalue weighted by molar-refractivity contribution is 6.31. The minimum atomic E-state index is -0.380. The molecular formula is C21H22ClN3O3. The number of fused-ring (bicyclic) bond motifs is 1. The lowest BCUT2D eigenvalue weighted by Crippen LogP contribution is -2.41. The van der Waals surface area contributed by atoms with Gasteiger partial charge < -0.3 is 10.3 Å². The van der Waals surface area contributed by atoms with E-state index in [0.29, 0.717) is 17.1 Å². The number of aromatic amines is 1. The summed E-state index contributed by atoms with van der Waals surface area (Å²) in [6.45, 7) is 0. The molecule has 0 bridgehead atoms. The topological polar surface area (TPSA) is 74.4 Å². The molecule has 28 heavy (non-hydrogen) atoms. The second-order valence-corrected chi connectivity index (χ2v) is 6.99. The molecule has 0 aliphatic carbocycles. The van der Waals surface area contributed by atoms with E-state index >= 15 is 0 Å². The second kappa shape index (κ2) is 8.91. The molecule has 0 radical (unpaired) electrons. The number of carbonyl (C=O) groups excluding carboxylic acids is 2. The van der Waals surface area contributed by atoms with Crippen LogP contribution in [-0.2, 0) is 16.1 Å². The van der Waals surface area contributed by atoms with Crippen molar-refractivity contribution in [2.45, 2.75) is 18.9 Å². The molecule has 1 atom stereocenters. The molecule has 0 aliphatic rings. The average Bonchev–Trinajstić information content (AvgIpc) is 3.11. The lowest BCUT2D eigenvalue weighted by Gasteiger charge is -2.21. The van der Waals surface area contributed by atoms with Gasteiger partial charge in [-0.3, -0.25) is 14.4 Å². The number of hydrogen-bond donors (Lipinski definition) is 2. The number of hydrogen-bond acceptors (Lipinski definition) is 3. The molecule has 2 aromatic carbocycles. The van der Waals surface area contributed by atoms with E-state index in [2.05, 4.69) is 10.3 Å². The number of carbonyl (C=O) groups is 2. The molecule has 0 unspecified atom stereocenters. The predicted octanol–water partition coefficient (Wildman–Crippen LogP) is 3.57. The summed E-state index contributed by atoms with van der Waals surface area (Å²) < 4.78 is 0. The summed E-state index contributed by atoms with van der Waals surface area (Å²) in [5.41, 5.74) is 2.27. The Labute approximate surface area is 168 Å². The second-order valence-electron chi connectivity index (χ2n) is 6.55. The third-order valence-corrected chi connectivity index (χ3v) is 4.77. The van der Waals surface area contributed by atoms with Crippen LogP contribution in [0.25, 0.3) is 10.9 Å². The number of rotatable bonds is 7. The lowest BCUT2D eigenvalue weighted by atomic mass is 10.0. The molecule has 0 aliphatic heterocycles. The van der Waals surface area contributed by atoms with Crippen LogP contribution in [-0.4, -0.2) is 42.1 Å². The predicted molar refractivity (Wildman–Crippen MR) is 109 cm³/mol. The van der Waals surface area contributed by atoms with E-state index in [9.17, 15) is 9.59 Å². The minimum absolute atomic E-state index is 0.122. The van der Waals surface area contributed by atoms with Crippen LogP contribution in [0.15, 0.2) is 54.6 Å². The van der Waals surface area contributed by atoms with Gasteiger partial charge in [0.05, 0.1) is 7.11 Å². The maximum absolute atomic E-state index is 12.8. The van der Waals surface area contributed by atoms with E-state index < -0.39 is 0 Å². The highest BCUT2D eigenvalue weighted by Crippen LogP contribution is 2.20. The standard InChI is InChI=1S/C21H22ClN3O3/c1-25(28-2)20(26)13-17(10-14-6-4-3-5-7-14)23-21(27)19-12-15-11-16(22)8-9-18(15)24-19/h3-9,11-12,17,24H,10,13H2,1-2H3,(H,23,27)/t17-/m1/s1. The van der Waals surface area contributed by atoms with Crippen molar-refractivity contribution in [1.29, 1.82) is 0 Å². The fourth-order valence-corrected chi connectivity index (χ4v) is 3.18.